The number of carbonyl (C=O) groups is 1. The first-order valence-corrected chi connectivity index (χ1v) is 9.70. The highest BCUT2D eigenvalue weighted by atomic mass is 32.2. The summed E-state index contributed by atoms with van der Waals surface area (Å²) in [5, 5.41) is 7.23. The second-order valence-corrected chi connectivity index (χ2v) is 7.78. The van der Waals surface area contributed by atoms with Gasteiger partial charge in [-0.25, -0.2) is 13.1 Å². The first-order chi connectivity index (χ1) is 12.3. The van der Waals surface area contributed by atoms with Crippen LogP contribution in [0.15, 0.2) is 53.1 Å². The average Bonchev–Trinajstić information content (AvgIpc) is 2.96. The highest BCUT2D eigenvalue weighted by Crippen LogP contribution is 2.22. The van der Waals surface area contributed by atoms with Crippen molar-refractivity contribution in [3.05, 3.63) is 59.8 Å². The Labute approximate surface area is 151 Å². The molecule has 2 N–H and O–H groups in total. The van der Waals surface area contributed by atoms with Crippen LogP contribution in [0.5, 0.6) is 0 Å². The van der Waals surface area contributed by atoms with E-state index in [-0.39, 0.29) is 11.7 Å². The summed E-state index contributed by atoms with van der Waals surface area (Å²) in [5.41, 5.74) is 2.27. The second kappa shape index (κ2) is 7.27. The third kappa shape index (κ3) is 4.27. The van der Waals surface area contributed by atoms with E-state index in [1.54, 1.807) is 55.5 Å². The van der Waals surface area contributed by atoms with E-state index in [0.29, 0.717) is 22.4 Å². The molecule has 1 amide bonds. The van der Waals surface area contributed by atoms with Crippen molar-refractivity contribution in [2.75, 3.05) is 5.32 Å². The molecule has 1 atom stereocenters. The van der Waals surface area contributed by atoms with Gasteiger partial charge in [0.15, 0.2) is 5.58 Å². The summed E-state index contributed by atoms with van der Waals surface area (Å²) in [6, 6.07) is 13.7. The van der Waals surface area contributed by atoms with E-state index in [4.69, 9.17) is 4.52 Å². The summed E-state index contributed by atoms with van der Waals surface area (Å²) in [4.78, 5) is 11.2. The average molecular weight is 373 g/mol. The Morgan fingerprint density at radius 3 is 2.73 bits per heavy atom. The molecule has 26 heavy (non-hydrogen) atoms. The van der Waals surface area contributed by atoms with Crippen LogP contribution in [0.3, 0.4) is 0 Å². The van der Waals surface area contributed by atoms with Crippen molar-refractivity contribution < 1.29 is 17.7 Å². The Kier molecular flexibility index (Phi) is 5.06. The van der Waals surface area contributed by atoms with Gasteiger partial charge in [0.05, 0.1) is 0 Å². The molecular formula is C18H19N3O4S. The molecule has 0 radical (unpaired) electrons. The van der Waals surface area contributed by atoms with Crippen molar-refractivity contribution in [2.45, 2.75) is 25.6 Å². The van der Waals surface area contributed by atoms with Gasteiger partial charge in [0.1, 0.15) is 11.4 Å². The molecule has 0 spiro atoms. The van der Waals surface area contributed by atoms with Crippen molar-refractivity contribution in [1.82, 2.24) is 9.88 Å². The molecule has 0 aliphatic heterocycles. The van der Waals surface area contributed by atoms with Crippen LogP contribution in [0.25, 0.3) is 11.0 Å². The van der Waals surface area contributed by atoms with Gasteiger partial charge in [-0.05, 0) is 36.8 Å². The molecule has 3 aromatic rings. The lowest BCUT2D eigenvalue weighted by Crippen LogP contribution is -2.28. The van der Waals surface area contributed by atoms with Gasteiger partial charge < -0.3 is 9.84 Å². The number of anilines is 1. The number of hydrogen-bond acceptors (Lipinski definition) is 5. The van der Waals surface area contributed by atoms with E-state index >= 15 is 0 Å². The maximum atomic E-state index is 12.5. The third-order valence-corrected chi connectivity index (χ3v) is 5.21. The summed E-state index contributed by atoms with van der Waals surface area (Å²) in [6.07, 6.45) is 0. The van der Waals surface area contributed by atoms with Crippen LogP contribution < -0.4 is 10.0 Å². The van der Waals surface area contributed by atoms with Crippen LogP contribution in [0.4, 0.5) is 5.69 Å². The Hall–Kier alpha value is -2.71. The van der Waals surface area contributed by atoms with Crippen LogP contribution in [-0.4, -0.2) is 19.5 Å². The first kappa shape index (κ1) is 18.1. The molecule has 0 saturated heterocycles. The summed E-state index contributed by atoms with van der Waals surface area (Å²) >= 11 is 0. The van der Waals surface area contributed by atoms with E-state index in [0.717, 1.165) is 5.56 Å². The van der Waals surface area contributed by atoms with E-state index < -0.39 is 16.1 Å². The van der Waals surface area contributed by atoms with Gasteiger partial charge in [0.2, 0.25) is 15.9 Å². The molecule has 0 saturated carbocycles. The van der Waals surface area contributed by atoms with Gasteiger partial charge in [0.25, 0.3) is 0 Å². The number of amides is 1. The molecule has 0 unspecified atom stereocenters. The minimum Gasteiger partial charge on any atom is -0.356 e. The SMILES string of the molecule is CC(=O)Nc1cccc([C@@H](C)NS(=O)(=O)Cc2noc3ccccc23)c1. The fourth-order valence-electron chi connectivity index (χ4n) is 2.69. The van der Waals surface area contributed by atoms with Crippen molar-refractivity contribution in [3.63, 3.8) is 0 Å². The quantitative estimate of drug-likeness (QED) is 0.692. The van der Waals surface area contributed by atoms with E-state index in [1.807, 2.05) is 0 Å². The topological polar surface area (TPSA) is 101 Å². The lowest BCUT2D eigenvalue weighted by Gasteiger charge is -2.15. The van der Waals surface area contributed by atoms with Crippen molar-refractivity contribution >= 4 is 32.6 Å². The zero-order chi connectivity index (χ0) is 18.7. The lowest BCUT2D eigenvalue weighted by molar-refractivity contribution is -0.114. The highest BCUT2D eigenvalue weighted by molar-refractivity contribution is 7.88. The first-order valence-electron chi connectivity index (χ1n) is 8.05. The van der Waals surface area contributed by atoms with Gasteiger partial charge in [-0.15, -0.1) is 0 Å². The lowest BCUT2D eigenvalue weighted by atomic mass is 10.1. The number of sulfonamides is 1. The predicted molar refractivity (Wildman–Crippen MR) is 98.9 cm³/mol. The minimum absolute atomic E-state index is 0.187. The monoisotopic (exact) mass is 373 g/mol. The normalized spacial score (nSPS) is 12.8. The molecule has 136 valence electrons. The van der Waals surface area contributed by atoms with Gasteiger partial charge >= 0.3 is 0 Å². The maximum Gasteiger partial charge on any atom is 0.221 e. The number of nitrogens with zero attached hydrogens (tertiary/aromatic N) is 1. The van der Waals surface area contributed by atoms with Gasteiger partial charge in [-0.3, -0.25) is 4.79 Å². The summed E-state index contributed by atoms with van der Waals surface area (Å²) in [7, 11) is -3.64. The van der Waals surface area contributed by atoms with Crippen LogP contribution in [-0.2, 0) is 20.6 Å². The van der Waals surface area contributed by atoms with Crippen molar-refractivity contribution in [3.8, 4) is 0 Å². The molecule has 3 rings (SSSR count). The molecule has 0 bridgehead atoms. The Morgan fingerprint density at radius 2 is 1.96 bits per heavy atom. The summed E-state index contributed by atoms with van der Waals surface area (Å²) < 4.78 is 32.8. The smallest absolute Gasteiger partial charge is 0.221 e. The Morgan fingerprint density at radius 1 is 1.19 bits per heavy atom. The minimum atomic E-state index is -3.64. The molecule has 1 aromatic heterocycles. The molecular weight excluding hydrogens is 354 g/mol. The summed E-state index contributed by atoms with van der Waals surface area (Å²) in [5.74, 6) is -0.465. The molecule has 8 heteroatoms. The molecule has 0 aliphatic carbocycles. The van der Waals surface area contributed by atoms with E-state index in [9.17, 15) is 13.2 Å². The van der Waals surface area contributed by atoms with Crippen molar-refractivity contribution in [2.24, 2.45) is 0 Å². The maximum absolute atomic E-state index is 12.5. The zero-order valence-corrected chi connectivity index (χ0v) is 15.2. The number of fused-ring (bicyclic) bond motifs is 1. The van der Waals surface area contributed by atoms with Crippen molar-refractivity contribution in [1.29, 1.82) is 0 Å². The fraction of sp³-hybridized carbons (Fsp3) is 0.222. The van der Waals surface area contributed by atoms with Gasteiger partial charge in [-0.1, -0.05) is 29.4 Å². The zero-order valence-electron chi connectivity index (χ0n) is 14.4. The van der Waals surface area contributed by atoms with E-state index in [2.05, 4.69) is 15.2 Å². The number of aromatic nitrogens is 1. The number of benzene rings is 2. The number of carbonyl (C=O) groups excluding carboxylic acids is 1. The predicted octanol–water partition coefficient (Wildman–Crippen LogP) is 2.97. The van der Waals surface area contributed by atoms with Crippen LogP contribution in [0.2, 0.25) is 0 Å². The van der Waals surface area contributed by atoms with Gasteiger partial charge in [-0.2, -0.15) is 0 Å². The van der Waals surface area contributed by atoms with Crippen LogP contribution in [0, 0.1) is 0 Å². The Balaban J connectivity index is 1.75. The number of nitrogens with one attached hydrogen (secondary N) is 2. The summed E-state index contributed by atoms with van der Waals surface area (Å²) in [6.45, 7) is 3.16. The van der Waals surface area contributed by atoms with Crippen LogP contribution in [0.1, 0.15) is 31.1 Å². The molecule has 1 heterocycles. The van der Waals surface area contributed by atoms with Gasteiger partial charge in [0, 0.05) is 24.0 Å². The highest BCUT2D eigenvalue weighted by Gasteiger charge is 2.20. The number of para-hydroxylation sites is 1. The number of hydrogen-bond donors (Lipinski definition) is 2. The second-order valence-electron chi connectivity index (χ2n) is 6.03. The number of rotatable bonds is 6. The Bertz CT molecular complexity index is 1040. The van der Waals surface area contributed by atoms with Crippen LogP contribution >= 0.6 is 0 Å². The molecule has 2 aromatic carbocycles. The standard InChI is InChI=1S/C18H19N3O4S/c1-12(14-6-5-7-15(10-14)19-13(2)22)21-26(23,24)11-17-16-8-3-4-9-18(16)25-20-17/h3-10,12,21H,11H2,1-2H3,(H,19,22)/t12-/m1/s1. The fourth-order valence-corrected chi connectivity index (χ4v) is 4.02. The molecule has 0 fully saturated rings. The third-order valence-electron chi connectivity index (χ3n) is 3.84. The molecule has 0 aliphatic rings. The largest absolute Gasteiger partial charge is 0.356 e. The molecule has 7 nitrogen and oxygen atoms in total. The van der Waals surface area contributed by atoms with E-state index in [1.165, 1.54) is 6.92 Å².